The molecule has 0 saturated heterocycles. The van der Waals surface area contributed by atoms with Gasteiger partial charge in [-0.15, -0.1) is 0 Å². The van der Waals surface area contributed by atoms with Gasteiger partial charge in [-0.1, -0.05) is 18.2 Å². The molecule has 0 saturated carbocycles. The van der Waals surface area contributed by atoms with Crippen LogP contribution in [0.15, 0.2) is 53.5 Å². The topological polar surface area (TPSA) is 40.5 Å². The predicted octanol–water partition coefficient (Wildman–Crippen LogP) is 3.13. The quantitative estimate of drug-likeness (QED) is 0.730. The molecule has 0 N–H and O–H groups in total. The highest BCUT2D eigenvalue weighted by atomic mass is 16.6. The summed E-state index contributed by atoms with van der Waals surface area (Å²) in [6, 6.07) is 13.7. The number of rotatable bonds is 2. The second-order valence-corrected chi connectivity index (χ2v) is 5.76. The molecular weight excluding hydrogens is 290 g/mol. The molecule has 0 amide bonds. The third-order valence-corrected chi connectivity index (χ3v) is 4.20. The van der Waals surface area contributed by atoms with Crippen molar-refractivity contribution in [3.63, 3.8) is 0 Å². The minimum absolute atomic E-state index is 0.0288. The highest BCUT2D eigenvalue weighted by Crippen LogP contribution is 2.30. The lowest BCUT2D eigenvalue weighted by atomic mass is 10.1. The molecule has 0 atom stereocenters. The molecule has 1 aromatic heterocycles. The lowest BCUT2D eigenvalue weighted by Gasteiger charge is -2.19. The Hall–Kier alpha value is -2.75. The summed E-state index contributed by atoms with van der Waals surface area (Å²) in [6.07, 6.45) is 1.86. The maximum absolute atomic E-state index is 12.7. The molecule has 1 aliphatic heterocycles. The van der Waals surface area contributed by atoms with Crippen molar-refractivity contribution in [3.05, 3.63) is 70.1 Å². The van der Waals surface area contributed by atoms with Crippen molar-refractivity contribution in [3.8, 4) is 11.5 Å². The monoisotopic (exact) mass is 307 g/mol. The van der Waals surface area contributed by atoms with Crippen molar-refractivity contribution in [2.24, 2.45) is 0 Å². The largest absolute Gasteiger partial charge is 0.486 e. The summed E-state index contributed by atoms with van der Waals surface area (Å²) in [5.74, 6) is 1.51. The SMILES string of the molecule is Cc1cccc2c(=O)n(Cc3ccc4c(c3)OCCO4)ccc12. The molecule has 4 nitrogen and oxygen atoms in total. The number of ether oxygens (including phenoxy) is 2. The van der Waals surface area contributed by atoms with Crippen LogP contribution in [0.3, 0.4) is 0 Å². The van der Waals surface area contributed by atoms with Gasteiger partial charge in [0.15, 0.2) is 11.5 Å². The van der Waals surface area contributed by atoms with Crippen molar-refractivity contribution < 1.29 is 9.47 Å². The smallest absolute Gasteiger partial charge is 0.258 e. The summed E-state index contributed by atoms with van der Waals surface area (Å²) in [5, 5.41) is 1.76. The number of hydrogen-bond donors (Lipinski definition) is 0. The van der Waals surface area contributed by atoms with Crippen LogP contribution in [0.1, 0.15) is 11.1 Å². The fourth-order valence-electron chi connectivity index (χ4n) is 2.98. The fourth-order valence-corrected chi connectivity index (χ4v) is 2.98. The van der Waals surface area contributed by atoms with Crippen LogP contribution < -0.4 is 15.0 Å². The summed E-state index contributed by atoms with van der Waals surface area (Å²) in [5.41, 5.74) is 2.16. The minimum Gasteiger partial charge on any atom is -0.486 e. The Labute approximate surface area is 133 Å². The summed E-state index contributed by atoms with van der Waals surface area (Å²) in [6.45, 7) is 3.67. The first-order valence-electron chi connectivity index (χ1n) is 7.70. The number of pyridine rings is 1. The molecule has 3 aromatic rings. The van der Waals surface area contributed by atoms with E-state index in [0.717, 1.165) is 33.4 Å². The molecule has 23 heavy (non-hydrogen) atoms. The highest BCUT2D eigenvalue weighted by molar-refractivity contribution is 5.84. The van der Waals surface area contributed by atoms with E-state index in [-0.39, 0.29) is 5.56 Å². The van der Waals surface area contributed by atoms with Crippen LogP contribution in [0.5, 0.6) is 11.5 Å². The van der Waals surface area contributed by atoms with Gasteiger partial charge >= 0.3 is 0 Å². The molecule has 0 radical (unpaired) electrons. The van der Waals surface area contributed by atoms with Gasteiger partial charge in [-0.25, -0.2) is 0 Å². The lowest BCUT2D eigenvalue weighted by Crippen LogP contribution is -2.20. The Morgan fingerprint density at radius 2 is 1.83 bits per heavy atom. The number of benzene rings is 2. The van der Waals surface area contributed by atoms with Crippen LogP contribution >= 0.6 is 0 Å². The Bertz CT molecular complexity index is 943. The van der Waals surface area contributed by atoms with Crippen molar-refractivity contribution in [1.29, 1.82) is 0 Å². The zero-order chi connectivity index (χ0) is 15.8. The van der Waals surface area contributed by atoms with Crippen LogP contribution in [0.4, 0.5) is 0 Å². The van der Waals surface area contributed by atoms with Gasteiger partial charge in [0.25, 0.3) is 5.56 Å². The number of aromatic nitrogens is 1. The maximum Gasteiger partial charge on any atom is 0.258 e. The van der Waals surface area contributed by atoms with E-state index in [9.17, 15) is 4.79 Å². The van der Waals surface area contributed by atoms with Gasteiger partial charge in [-0.05, 0) is 47.7 Å². The van der Waals surface area contributed by atoms with Crippen LogP contribution in [-0.2, 0) is 6.54 Å². The zero-order valence-corrected chi connectivity index (χ0v) is 12.9. The van der Waals surface area contributed by atoms with Crippen LogP contribution in [0.25, 0.3) is 10.8 Å². The molecule has 1 aliphatic rings. The first-order chi connectivity index (χ1) is 11.2. The molecular formula is C19H17NO3. The lowest BCUT2D eigenvalue weighted by molar-refractivity contribution is 0.171. The van der Waals surface area contributed by atoms with E-state index in [1.165, 1.54) is 0 Å². The molecule has 0 bridgehead atoms. The van der Waals surface area contributed by atoms with Crippen LogP contribution in [0.2, 0.25) is 0 Å². The molecule has 2 aromatic carbocycles. The van der Waals surface area contributed by atoms with Gasteiger partial charge in [0.05, 0.1) is 6.54 Å². The van der Waals surface area contributed by atoms with Crippen molar-refractivity contribution in [2.75, 3.05) is 13.2 Å². The van der Waals surface area contributed by atoms with Crippen molar-refractivity contribution in [2.45, 2.75) is 13.5 Å². The van der Waals surface area contributed by atoms with E-state index in [1.54, 1.807) is 4.57 Å². The van der Waals surface area contributed by atoms with Gasteiger partial charge < -0.3 is 14.0 Å². The third kappa shape index (κ3) is 2.46. The number of nitrogens with zero attached hydrogens (tertiary/aromatic N) is 1. The molecule has 0 aliphatic carbocycles. The van der Waals surface area contributed by atoms with E-state index >= 15 is 0 Å². The standard InChI is InChI=1S/C19H17NO3/c1-13-3-2-4-16-15(13)7-8-20(19(16)21)12-14-5-6-17-18(11-14)23-10-9-22-17/h2-8,11H,9-10,12H2,1H3. The Balaban J connectivity index is 1.73. The normalized spacial score (nSPS) is 13.3. The highest BCUT2D eigenvalue weighted by Gasteiger charge is 2.12. The minimum atomic E-state index is 0.0288. The van der Waals surface area contributed by atoms with E-state index in [0.29, 0.717) is 19.8 Å². The first-order valence-corrected chi connectivity index (χ1v) is 7.70. The van der Waals surface area contributed by atoms with Gasteiger partial charge in [0.1, 0.15) is 13.2 Å². The first kappa shape index (κ1) is 13.9. The molecule has 2 heterocycles. The summed E-state index contributed by atoms with van der Waals surface area (Å²) >= 11 is 0. The van der Waals surface area contributed by atoms with E-state index < -0.39 is 0 Å². The number of fused-ring (bicyclic) bond motifs is 2. The van der Waals surface area contributed by atoms with Gasteiger partial charge in [-0.3, -0.25) is 4.79 Å². The van der Waals surface area contributed by atoms with Crippen LogP contribution in [-0.4, -0.2) is 17.8 Å². The number of hydrogen-bond acceptors (Lipinski definition) is 3. The fraction of sp³-hybridized carbons (Fsp3) is 0.211. The van der Waals surface area contributed by atoms with E-state index in [1.807, 2.05) is 55.6 Å². The van der Waals surface area contributed by atoms with E-state index in [4.69, 9.17) is 9.47 Å². The average Bonchev–Trinajstić information content (AvgIpc) is 2.58. The molecule has 0 spiro atoms. The Morgan fingerprint density at radius 1 is 1.00 bits per heavy atom. The molecule has 4 rings (SSSR count). The zero-order valence-electron chi connectivity index (χ0n) is 12.9. The second kappa shape index (κ2) is 5.47. The molecule has 0 unspecified atom stereocenters. The van der Waals surface area contributed by atoms with Crippen LogP contribution in [0, 0.1) is 6.92 Å². The van der Waals surface area contributed by atoms with Gasteiger partial charge in [0.2, 0.25) is 0 Å². The van der Waals surface area contributed by atoms with Gasteiger partial charge in [0, 0.05) is 11.6 Å². The second-order valence-electron chi connectivity index (χ2n) is 5.76. The Morgan fingerprint density at radius 3 is 2.70 bits per heavy atom. The predicted molar refractivity (Wildman–Crippen MR) is 89.5 cm³/mol. The van der Waals surface area contributed by atoms with Crippen molar-refractivity contribution >= 4 is 10.8 Å². The average molecular weight is 307 g/mol. The summed E-state index contributed by atoms with van der Waals surface area (Å²) < 4.78 is 12.9. The van der Waals surface area contributed by atoms with Gasteiger partial charge in [-0.2, -0.15) is 0 Å². The third-order valence-electron chi connectivity index (χ3n) is 4.20. The summed E-state index contributed by atoms with van der Waals surface area (Å²) in [7, 11) is 0. The molecule has 116 valence electrons. The maximum atomic E-state index is 12.7. The molecule has 4 heteroatoms. The summed E-state index contributed by atoms with van der Waals surface area (Å²) in [4.78, 5) is 12.7. The number of aryl methyl sites for hydroxylation is 1. The van der Waals surface area contributed by atoms with E-state index in [2.05, 4.69) is 0 Å². The van der Waals surface area contributed by atoms with Crippen molar-refractivity contribution in [1.82, 2.24) is 4.57 Å². The Kier molecular flexibility index (Phi) is 3.30. The molecule has 0 fully saturated rings.